The smallest absolute Gasteiger partial charge is 0.229 e. The molecule has 0 aliphatic heterocycles. The molecule has 1 heterocycles. The zero-order valence-electron chi connectivity index (χ0n) is 12.3. The van der Waals surface area contributed by atoms with Gasteiger partial charge in [-0.15, -0.1) is 0 Å². The van der Waals surface area contributed by atoms with Crippen molar-refractivity contribution in [3.05, 3.63) is 41.0 Å². The predicted molar refractivity (Wildman–Crippen MR) is 74.5 cm³/mol. The van der Waals surface area contributed by atoms with Crippen LogP contribution in [0.5, 0.6) is 5.75 Å². The average molecular weight is 276 g/mol. The van der Waals surface area contributed by atoms with Crippen LogP contribution in [0.2, 0.25) is 0 Å². The molecule has 2 aromatic rings. The maximum absolute atomic E-state index is 9.77. The molecule has 0 bridgehead atoms. The molecule has 0 saturated carbocycles. The van der Waals surface area contributed by atoms with Crippen molar-refractivity contribution in [3.8, 4) is 5.75 Å². The summed E-state index contributed by atoms with van der Waals surface area (Å²) in [7, 11) is 0. The summed E-state index contributed by atoms with van der Waals surface area (Å²) in [6.07, 6.45) is -0.582. The second kappa shape index (κ2) is 6.05. The Labute approximate surface area is 118 Å². The van der Waals surface area contributed by atoms with Gasteiger partial charge in [0.2, 0.25) is 11.7 Å². The first-order chi connectivity index (χ1) is 9.47. The average Bonchev–Trinajstić information content (AvgIpc) is 2.86. The Hall–Kier alpha value is -1.88. The predicted octanol–water partition coefficient (Wildman–Crippen LogP) is 3.13. The summed E-state index contributed by atoms with van der Waals surface area (Å²) < 4.78 is 10.8. The monoisotopic (exact) mass is 276 g/mol. The summed E-state index contributed by atoms with van der Waals surface area (Å²) >= 11 is 0. The van der Waals surface area contributed by atoms with Crippen LogP contribution in [0, 0.1) is 6.92 Å². The quantitative estimate of drug-likeness (QED) is 0.908. The first kappa shape index (κ1) is 14.5. The van der Waals surface area contributed by atoms with E-state index in [4.69, 9.17) is 9.26 Å². The molecule has 0 spiro atoms. The number of aromatic nitrogens is 2. The molecular weight excluding hydrogens is 256 g/mol. The first-order valence-corrected chi connectivity index (χ1v) is 6.71. The highest BCUT2D eigenvalue weighted by atomic mass is 16.5. The lowest BCUT2D eigenvalue weighted by atomic mass is 10.1. The van der Waals surface area contributed by atoms with Crippen LogP contribution in [0.1, 0.15) is 55.6 Å². The molecule has 2 rings (SSSR count). The highest BCUT2D eigenvalue weighted by molar-refractivity contribution is 5.38. The third-order valence-corrected chi connectivity index (χ3v) is 2.95. The Morgan fingerprint density at radius 3 is 2.65 bits per heavy atom. The normalized spacial score (nSPS) is 12.7. The minimum atomic E-state index is -0.582. The highest BCUT2D eigenvalue weighted by Gasteiger charge is 2.13. The maximum atomic E-state index is 9.77. The van der Waals surface area contributed by atoms with Crippen LogP contribution in [0.25, 0.3) is 0 Å². The van der Waals surface area contributed by atoms with Crippen LogP contribution >= 0.6 is 0 Å². The topological polar surface area (TPSA) is 68.4 Å². The zero-order chi connectivity index (χ0) is 14.7. The molecule has 1 unspecified atom stereocenters. The summed E-state index contributed by atoms with van der Waals surface area (Å²) in [5, 5.41) is 13.6. The molecule has 0 aliphatic rings. The Bertz CT molecular complexity index is 576. The van der Waals surface area contributed by atoms with Crippen molar-refractivity contribution in [2.24, 2.45) is 0 Å². The van der Waals surface area contributed by atoms with Crippen molar-refractivity contribution in [1.29, 1.82) is 0 Å². The number of aliphatic hydroxyl groups is 1. The Kier molecular flexibility index (Phi) is 4.39. The largest absolute Gasteiger partial charge is 0.485 e. The summed E-state index contributed by atoms with van der Waals surface area (Å²) in [5.74, 6) is 1.94. The molecule has 1 aromatic heterocycles. The molecule has 0 radical (unpaired) electrons. The van der Waals surface area contributed by atoms with E-state index in [0.29, 0.717) is 17.5 Å². The molecule has 0 saturated heterocycles. The van der Waals surface area contributed by atoms with E-state index in [1.807, 2.05) is 39.0 Å². The van der Waals surface area contributed by atoms with Crippen LogP contribution < -0.4 is 4.74 Å². The number of rotatable bonds is 5. The van der Waals surface area contributed by atoms with Gasteiger partial charge in [0, 0.05) is 11.5 Å². The molecular formula is C15H20N2O3. The maximum Gasteiger partial charge on any atom is 0.229 e. The van der Waals surface area contributed by atoms with Crippen molar-refractivity contribution in [3.63, 3.8) is 0 Å². The van der Waals surface area contributed by atoms with E-state index in [2.05, 4.69) is 10.1 Å². The van der Waals surface area contributed by atoms with Crippen molar-refractivity contribution in [2.45, 2.75) is 46.3 Å². The molecule has 5 heteroatoms. The minimum Gasteiger partial charge on any atom is -0.485 e. The molecule has 20 heavy (non-hydrogen) atoms. The zero-order valence-corrected chi connectivity index (χ0v) is 12.3. The summed E-state index contributed by atoms with van der Waals surface area (Å²) in [6, 6.07) is 5.70. The van der Waals surface area contributed by atoms with Gasteiger partial charge in [0.25, 0.3) is 0 Å². The fourth-order valence-electron chi connectivity index (χ4n) is 1.83. The molecule has 0 amide bonds. The standard InChI is InChI=1S/C15H20N2O3/c1-9(2)15-16-14(17-20-15)8-19-13-6-5-10(3)7-12(13)11(4)18/h5-7,9,11,18H,8H2,1-4H3. The number of aryl methyl sites for hydroxylation is 1. The van der Waals surface area contributed by atoms with E-state index in [9.17, 15) is 5.11 Å². The number of aliphatic hydroxyl groups excluding tert-OH is 1. The Balaban J connectivity index is 2.10. The Morgan fingerprint density at radius 2 is 2.05 bits per heavy atom. The first-order valence-electron chi connectivity index (χ1n) is 6.71. The summed E-state index contributed by atoms with van der Waals surface area (Å²) in [4.78, 5) is 4.25. The number of benzene rings is 1. The fourth-order valence-corrected chi connectivity index (χ4v) is 1.83. The van der Waals surface area contributed by atoms with E-state index >= 15 is 0 Å². The SMILES string of the molecule is Cc1ccc(OCc2noc(C(C)C)n2)c(C(C)O)c1. The van der Waals surface area contributed by atoms with Crippen molar-refractivity contribution in [2.75, 3.05) is 0 Å². The van der Waals surface area contributed by atoms with E-state index in [0.717, 1.165) is 11.1 Å². The third kappa shape index (κ3) is 3.36. The van der Waals surface area contributed by atoms with Gasteiger partial charge < -0.3 is 14.4 Å². The van der Waals surface area contributed by atoms with E-state index in [1.165, 1.54) is 0 Å². The molecule has 0 aliphatic carbocycles. The molecule has 108 valence electrons. The van der Waals surface area contributed by atoms with Gasteiger partial charge in [-0.3, -0.25) is 0 Å². The second-order valence-corrected chi connectivity index (χ2v) is 5.21. The van der Waals surface area contributed by atoms with Gasteiger partial charge in [-0.2, -0.15) is 4.98 Å². The van der Waals surface area contributed by atoms with E-state index < -0.39 is 6.10 Å². The van der Waals surface area contributed by atoms with Gasteiger partial charge in [0.15, 0.2) is 6.61 Å². The molecule has 1 atom stereocenters. The van der Waals surface area contributed by atoms with Crippen molar-refractivity contribution in [1.82, 2.24) is 10.1 Å². The summed E-state index contributed by atoms with van der Waals surface area (Å²) in [5.41, 5.74) is 1.84. The number of nitrogens with zero attached hydrogens (tertiary/aromatic N) is 2. The van der Waals surface area contributed by atoms with Gasteiger partial charge in [-0.05, 0) is 26.0 Å². The lowest BCUT2D eigenvalue weighted by Gasteiger charge is -2.13. The van der Waals surface area contributed by atoms with Crippen LogP contribution in [-0.2, 0) is 6.61 Å². The lowest BCUT2D eigenvalue weighted by molar-refractivity contribution is 0.189. The van der Waals surface area contributed by atoms with E-state index in [-0.39, 0.29) is 12.5 Å². The van der Waals surface area contributed by atoms with Gasteiger partial charge in [-0.1, -0.05) is 30.6 Å². The minimum absolute atomic E-state index is 0.198. The fraction of sp³-hybridized carbons (Fsp3) is 0.467. The van der Waals surface area contributed by atoms with Crippen LogP contribution in [0.3, 0.4) is 0 Å². The molecule has 1 N–H and O–H groups in total. The Morgan fingerprint density at radius 1 is 1.30 bits per heavy atom. The molecule has 1 aromatic carbocycles. The lowest BCUT2D eigenvalue weighted by Crippen LogP contribution is -2.03. The van der Waals surface area contributed by atoms with Gasteiger partial charge in [0.1, 0.15) is 5.75 Å². The third-order valence-electron chi connectivity index (χ3n) is 2.95. The highest BCUT2D eigenvalue weighted by Crippen LogP contribution is 2.26. The summed E-state index contributed by atoms with van der Waals surface area (Å²) in [6.45, 7) is 7.89. The van der Waals surface area contributed by atoms with Crippen LogP contribution in [0.15, 0.2) is 22.7 Å². The van der Waals surface area contributed by atoms with E-state index in [1.54, 1.807) is 6.92 Å². The van der Waals surface area contributed by atoms with Gasteiger partial charge in [-0.25, -0.2) is 0 Å². The second-order valence-electron chi connectivity index (χ2n) is 5.21. The van der Waals surface area contributed by atoms with Crippen molar-refractivity contribution >= 4 is 0 Å². The molecule has 5 nitrogen and oxygen atoms in total. The van der Waals surface area contributed by atoms with Crippen LogP contribution in [-0.4, -0.2) is 15.2 Å². The van der Waals surface area contributed by atoms with Crippen LogP contribution in [0.4, 0.5) is 0 Å². The van der Waals surface area contributed by atoms with Gasteiger partial charge >= 0.3 is 0 Å². The van der Waals surface area contributed by atoms with Crippen molar-refractivity contribution < 1.29 is 14.4 Å². The molecule has 0 fully saturated rings. The number of hydrogen-bond donors (Lipinski definition) is 1. The number of ether oxygens (including phenoxy) is 1. The van der Waals surface area contributed by atoms with Gasteiger partial charge in [0.05, 0.1) is 6.10 Å². The number of hydrogen-bond acceptors (Lipinski definition) is 5.